The molecule has 0 atom stereocenters. The Balaban J connectivity index is 2.41. The highest BCUT2D eigenvalue weighted by molar-refractivity contribution is 6.08. The second-order valence-corrected chi connectivity index (χ2v) is 5.42. The normalized spacial score (nSPS) is 11.1. The van der Waals surface area contributed by atoms with Crippen molar-refractivity contribution >= 4 is 16.9 Å². The summed E-state index contributed by atoms with van der Waals surface area (Å²) >= 11 is 0. The van der Waals surface area contributed by atoms with Gasteiger partial charge in [-0.3, -0.25) is 0 Å². The molecule has 2 aromatic heterocycles. The van der Waals surface area contributed by atoms with Crippen molar-refractivity contribution in [3.8, 4) is 11.3 Å². The molecule has 3 aromatic rings. The first-order valence-electron chi connectivity index (χ1n) is 7.35. The molecule has 2 heterocycles. The fourth-order valence-corrected chi connectivity index (χ4v) is 2.88. The van der Waals surface area contributed by atoms with E-state index in [-0.39, 0.29) is 5.97 Å². The largest absolute Gasteiger partial charge is 0.464 e. The van der Waals surface area contributed by atoms with E-state index in [9.17, 15) is 4.79 Å². The summed E-state index contributed by atoms with van der Waals surface area (Å²) in [5, 5.41) is 1.00. The third kappa shape index (κ3) is 2.11. The Labute approximate surface area is 129 Å². The van der Waals surface area contributed by atoms with Crippen LogP contribution in [0.1, 0.15) is 28.5 Å². The van der Waals surface area contributed by atoms with Crippen LogP contribution in [0, 0.1) is 13.8 Å². The minimum absolute atomic E-state index is 0.310. The van der Waals surface area contributed by atoms with E-state index in [0.717, 1.165) is 27.7 Å². The fraction of sp³-hybridized carbons (Fsp3) is 0.278. The minimum atomic E-state index is -0.310. The molecule has 4 nitrogen and oxygen atoms in total. The molecule has 0 N–H and O–H groups in total. The highest BCUT2D eigenvalue weighted by atomic mass is 16.5. The number of benzene rings is 1. The Morgan fingerprint density at radius 3 is 2.73 bits per heavy atom. The van der Waals surface area contributed by atoms with Crippen molar-refractivity contribution in [1.29, 1.82) is 0 Å². The van der Waals surface area contributed by atoms with Gasteiger partial charge in [-0.1, -0.05) is 0 Å². The second-order valence-electron chi connectivity index (χ2n) is 5.42. The number of nitrogens with zero attached hydrogens (tertiary/aromatic N) is 1. The molecule has 4 heteroatoms. The molecule has 0 radical (unpaired) electrons. The number of ether oxygens (including phenoxy) is 1. The van der Waals surface area contributed by atoms with Crippen LogP contribution in [0.2, 0.25) is 0 Å². The zero-order chi connectivity index (χ0) is 15.9. The van der Waals surface area contributed by atoms with Crippen LogP contribution in [0.5, 0.6) is 0 Å². The third-order valence-corrected chi connectivity index (χ3v) is 4.03. The molecule has 0 spiro atoms. The average molecular weight is 297 g/mol. The maximum absolute atomic E-state index is 12.4. The van der Waals surface area contributed by atoms with Gasteiger partial charge in [-0.25, -0.2) is 4.79 Å². The second kappa shape index (κ2) is 5.37. The summed E-state index contributed by atoms with van der Waals surface area (Å²) in [6.45, 7) is 6.14. The number of carbonyl (C=O) groups is 1. The Hall–Kier alpha value is -2.49. The van der Waals surface area contributed by atoms with Gasteiger partial charge in [-0.15, -0.1) is 0 Å². The molecular formula is C18H19NO3. The molecule has 0 amide bonds. The Morgan fingerprint density at radius 1 is 1.32 bits per heavy atom. The molecule has 3 rings (SSSR count). The molecule has 0 bridgehead atoms. The molecule has 0 aliphatic heterocycles. The van der Waals surface area contributed by atoms with E-state index in [4.69, 9.17) is 9.15 Å². The van der Waals surface area contributed by atoms with E-state index < -0.39 is 0 Å². The van der Waals surface area contributed by atoms with Crippen molar-refractivity contribution in [2.75, 3.05) is 6.61 Å². The number of furan rings is 1. The summed E-state index contributed by atoms with van der Waals surface area (Å²) in [5.41, 5.74) is 4.48. The van der Waals surface area contributed by atoms with E-state index in [0.29, 0.717) is 17.9 Å². The number of hydrogen-bond donors (Lipinski definition) is 0. The summed E-state index contributed by atoms with van der Waals surface area (Å²) in [4.78, 5) is 12.4. The van der Waals surface area contributed by atoms with Crippen molar-refractivity contribution in [3.63, 3.8) is 0 Å². The van der Waals surface area contributed by atoms with E-state index >= 15 is 0 Å². The van der Waals surface area contributed by atoms with Crippen LogP contribution < -0.4 is 0 Å². The highest BCUT2D eigenvalue weighted by Gasteiger charge is 2.23. The standard InChI is InChI=1S/C18H19NO3/c1-5-21-18(20)16-11(2)9-14-13(10-12(3)19(14)4)17(16)15-7-6-8-22-15/h6-10H,5H2,1-4H3. The van der Waals surface area contributed by atoms with Crippen molar-refractivity contribution in [2.45, 2.75) is 20.8 Å². The van der Waals surface area contributed by atoms with E-state index in [1.807, 2.05) is 46.0 Å². The summed E-state index contributed by atoms with van der Waals surface area (Å²) in [6.07, 6.45) is 1.62. The summed E-state index contributed by atoms with van der Waals surface area (Å²) in [5.74, 6) is 0.372. The highest BCUT2D eigenvalue weighted by Crippen LogP contribution is 2.36. The van der Waals surface area contributed by atoms with E-state index in [1.54, 1.807) is 6.26 Å². The van der Waals surface area contributed by atoms with Gasteiger partial charge in [0.05, 0.1) is 18.4 Å². The predicted molar refractivity (Wildman–Crippen MR) is 86.1 cm³/mol. The van der Waals surface area contributed by atoms with Gasteiger partial charge in [0.15, 0.2) is 0 Å². The predicted octanol–water partition coefficient (Wildman–Crippen LogP) is 4.23. The lowest BCUT2D eigenvalue weighted by molar-refractivity contribution is 0.0526. The molecule has 1 aromatic carbocycles. The first-order chi connectivity index (χ1) is 10.5. The molecule has 0 saturated carbocycles. The molecule has 0 saturated heterocycles. The van der Waals surface area contributed by atoms with Gasteiger partial charge in [0, 0.05) is 29.2 Å². The summed E-state index contributed by atoms with van der Waals surface area (Å²) in [6, 6.07) is 7.81. The lowest BCUT2D eigenvalue weighted by Crippen LogP contribution is -2.09. The lowest BCUT2D eigenvalue weighted by atomic mass is 9.96. The first-order valence-corrected chi connectivity index (χ1v) is 7.35. The Kier molecular flexibility index (Phi) is 3.53. The smallest absolute Gasteiger partial charge is 0.339 e. The maximum atomic E-state index is 12.4. The van der Waals surface area contributed by atoms with Gasteiger partial charge in [-0.2, -0.15) is 0 Å². The van der Waals surface area contributed by atoms with Crippen LogP contribution in [0.25, 0.3) is 22.2 Å². The zero-order valence-corrected chi connectivity index (χ0v) is 13.3. The summed E-state index contributed by atoms with van der Waals surface area (Å²) < 4.78 is 12.9. The van der Waals surface area contributed by atoms with E-state index in [2.05, 4.69) is 10.6 Å². The fourth-order valence-electron chi connectivity index (χ4n) is 2.88. The molecule has 0 unspecified atom stereocenters. The zero-order valence-electron chi connectivity index (χ0n) is 13.3. The SMILES string of the molecule is CCOC(=O)c1c(C)cc2c(cc(C)n2C)c1-c1ccco1. The van der Waals surface area contributed by atoms with Crippen LogP contribution in [-0.4, -0.2) is 17.1 Å². The van der Waals surface area contributed by atoms with Crippen molar-refractivity contribution < 1.29 is 13.9 Å². The molecule has 114 valence electrons. The number of aryl methyl sites for hydroxylation is 3. The van der Waals surface area contributed by atoms with Crippen molar-refractivity contribution in [1.82, 2.24) is 4.57 Å². The van der Waals surface area contributed by atoms with Crippen LogP contribution in [0.4, 0.5) is 0 Å². The van der Waals surface area contributed by atoms with Crippen LogP contribution in [0.3, 0.4) is 0 Å². The number of esters is 1. The third-order valence-electron chi connectivity index (χ3n) is 4.03. The molecular weight excluding hydrogens is 278 g/mol. The maximum Gasteiger partial charge on any atom is 0.339 e. The van der Waals surface area contributed by atoms with Crippen LogP contribution in [-0.2, 0) is 11.8 Å². The van der Waals surface area contributed by atoms with Crippen molar-refractivity contribution in [3.05, 3.63) is 47.3 Å². The van der Waals surface area contributed by atoms with Gasteiger partial charge in [0.25, 0.3) is 0 Å². The quantitative estimate of drug-likeness (QED) is 0.679. The molecule has 0 aliphatic carbocycles. The Morgan fingerprint density at radius 2 is 2.09 bits per heavy atom. The van der Waals surface area contributed by atoms with Gasteiger partial charge in [0.1, 0.15) is 5.76 Å². The summed E-state index contributed by atoms with van der Waals surface area (Å²) in [7, 11) is 2.02. The molecule has 0 aliphatic rings. The number of aromatic nitrogens is 1. The lowest BCUT2D eigenvalue weighted by Gasteiger charge is -2.12. The van der Waals surface area contributed by atoms with Crippen LogP contribution in [0.15, 0.2) is 34.9 Å². The van der Waals surface area contributed by atoms with Gasteiger partial charge < -0.3 is 13.7 Å². The number of carbonyl (C=O) groups excluding carboxylic acids is 1. The number of hydrogen-bond acceptors (Lipinski definition) is 3. The number of rotatable bonds is 3. The average Bonchev–Trinajstić information content (AvgIpc) is 3.09. The van der Waals surface area contributed by atoms with Gasteiger partial charge in [-0.05, 0) is 50.6 Å². The molecule has 0 fully saturated rings. The van der Waals surface area contributed by atoms with Gasteiger partial charge in [0.2, 0.25) is 0 Å². The van der Waals surface area contributed by atoms with E-state index in [1.165, 1.54) is 0 Å². The van der Waals surface area contributed by atoms with Crippen LogP contribution >= 0.6 is 0 Å². The Bertz CT molecular complexity index is 841. The minimum Gasteiger partial charge on any atom is -0.464 e. The van der Waals surface area contributed by atoms with Gasteiger partial charge >= 0.3 is 5.97 Å². The molecule has 22 heavy (non-hydrogen) atoms. The topological polar surface area (TPSA) is 44.4 Å². The van der Waals surface area contributed by atoms with Crippen molar-refractivity contribution in [2.24, 2.45) is 7.05 Å². The monoisotopic (exact) mass is 297 g/mol. The first kappa shape index (κ1) is 14.4. The number of fused-ring (bicyclic) bond motifs is 1.